The van der Waals surface area contributed by atoms with Crippen molar-refractivity contribution < 1.29 is 0 Å². The summed E-state index contributed by atoms with van der Waals surface area (Å²) in [5.41, 5.74) is 0. The molecule has 0 nitrogen and oxygen atoms in total. The Hall–Kier alpha value is 0. The second-order valence-electron chi connectivity index (χ2n) is 5.23. The van der Waals surface area contributed by atoms with Crippen LogP contribution in [0.25, 0.3) is 0 Å². The standard InChI is InChI=1S/C13H24/c1-2-12-10-9-11-5-3-7-13(12)8-4-6-11/h11-13H,2-10H2,1H3. The molecule has 0 radical (unpaired) electrons. The van der Waals surface area contributed by atoms with Gasteiger partial charge in [-0.3, -0.25) is 0 Å². The van der Waals surface area contributed by atoms with Gasteiger partial charge in [-0.2, -0.15) is 0 Å². The third kappa shape index (κ3) is 2.27. The van der Waals surface area contributed by atoms with E-state index in [0.29, 0.717) is 0 Å². The van der Waals surface area contributed by atoms with Gasteiger partial charge >= 0.3 is 0 Å². The maximum absolute atomic E-state index is 2.40. The molecule has 76 valence electrons. The summed E-state index contributed by atoms with van der Waals surface area (Å²) in [4.78, 5) is 0. The highest BCUT2D eigenvalue weighted by atomic mass is 14.3. The van der Waals surface area contributed by atoms with E-state index >= 15 is 0 Å². The SMILES string of the molecule is CCC1CCC2CCCC1CCC2. The van der Waals surface area contributed by atoms with Gasteiger partial charge in [-0.05, 0) is 24.2 Å². The van der Waals surface area contributed by atoms with Gasteiger partial charge in [0.05, 0.1) is 0 Å². The van der Waals surface area contributed by atoms with Crippen molar-refractivity contribution in [1.82, 2.24) is 0 Å². The molecule has 0 aromatic rings. The van der Waals surface area contributed by atoms with Crippen LogP contribution in [0.4, 0.5) is 0 Å². The zero-order valence-electron chi connectivity index (χ0n) is 9.10. The van der Waals surface area contributed by atoms with E-state index in [9.17, 15) is 0 Å². The molecule has 0 spiro atoms. The van der Waals surface area contributed by atoms with Crippen molar-refractivity contribution in [2.45, 2.75) is 64.7 Å². The quantitative estimate of drug-likeness (QED) is 0.561. The van der Waals surface area contributed by atoms with Gasteiger partial charge in [0.15, 0.2) is 0 Å². The predicted molar refractivity (Wildman–Crippen MR) is 57.7 cm³/mol. The molecule has 0 saturated heterocycles. The lowest BCUT2D eigenvalue weighted by Gasteiger charge is -2.34. The second-order valence-corrected chi connectivity index (χ2v) is 5.23. The van der Waals surface area contributed by atoms with E-state index in [1.54, 1.807) is 38.5 Å². The average Bonchev–Trinajstić information content (AvgIpc) is 2.01. The third-order valence-corrected chi connectivity index (χ3v) is 4.51. The molecule has 0 heterocycles. The van der Waals surface area contributed by atoms with Crippen molar-refractivity contribution in [2.75, 3.05) is 0 Å². The van der Waals surface area contributed by atoms with Crippen LogP contribution in [0.5, 0.6) is 0 Å². The molecule has 1 atom stereocenters. The molecule has 3 saturated carbocycles. The Morgan fingerprint density at radius 1 is 0.846 bits per heavy atom. The van der Waals surface area contributed by atoms with Crippen LogP contribution in [0.3, 0.4) is 0 Å². The molecule has 3 rings (SSSR count). The van der Waals surface area contributed by atoms with E-state index < -0.39 is 0 Å². The molecule has 3 aliphatic rings. The fourth-order valence-corrected chi connectivity index (χ4v) is 3.61. The number of fused-ring (bicyclic) bond motifs is 6. The molecule has 0 aromatic heterocycles. The zero-order chi connectivity index (χ0) is 9.10. The highest BCUT2D eigenvalue weighted by Gasteiger charge is 2.26. The first kappa shape index (κ1) is 9.55. The van der Waals surface area contributed by atoms with Crippen LogP contribution in [0.2, 0.25) is 0 Å². The lowest BCUT2D eigenvalue weighted by molar-refractivity contribution is 0.173. The second kappa shape index (κ2) is 4.48. The van der Waals surface area contributed by atoms with Gasteiger partial charge in [-0.1, -0.05) is 58.3 Å². The smallest absolute Gasteiger partial charge is 0.0386 e. The highest BCUT2D eigenvalue weighted by Crippen LogP contribution is 2.39. The minimum Gasteiger partial charge on any atom is -0.0651 e. The largest absolute Gasteiger partial charge is 0.0651 e. The van der Waals surface area contributed by atoms with Gasteiger partial charge in [0.1, 0.15) is 0 Å². The van der Waals surface area contributed by atoms with Crippen molar-refractivity contribution in [3.8, 4) is 0 Å². The lowest BCUT2D eigenvalue weighted by atomic mass is 9.71. The molecular formula is C13H24. The van der Waals surface area contributed by atoms with Crippen LogP contribution < -0.4 is 0 Å². The summed E-state index contributed by atoms with van der Waals surface area (Å²) < 4.78 is 0. The van der Waals surface area contributed by atoms with E-state index in [1.165, 1.54) is 19.3 Å². The molecule has 0 N–H and O–H groups in total. The molecule has 0 aromatic carbocycles. The molecule has 13 heavy (non-hydrogen) atoms. The highest BCUT2D eigenvalue weighted by molar-refractivity contribution is 4.78. The van der Waals surface area contributed by atoms with Crippen LogP contribution >= 0.6 is 0 Å². The lowest BCUT2D eigenvalue weighted by Crippen LogP contribution is -2.22. The minimum absolute atomic E-state index is 1.09. The molecule has 0 heteroatoms. The molecule has 2 bridgehead atoms. The maximum atomic E-state index is 2.40. The van der Waals surface area contributed by atoms with Gasteiger partial charge in [0, 0.05) is 0 Å². The molecule has 0 amide bonds. The van der Waals surface area contributed by atoms with Gasteiger partial charge in [0.25, 0.3) is 0 Å². The van der Waals surface area contributed by atoms with Crippen molar-refractivity contribution in [2.24, 2.45) is 17.8 Å². The fraction of sp³-hybridized carbons (Fsp3) is 1.00. The predicted octanol–water partition coefficient (Wildman–Crippen LogP) is 4.39. The van der Waals surface area contributed by atoms with Crippen molar-refractivity contribution in [3.63, 3.8) is 0 Å². The maximum Gasteiger partial charge on any atom is -0.0386 e. The van der Waals surface area contributed by atoms with Gasteiger partial charge in [-0.25, -0.2) is 0 Å². The Bertz CT molecular complexity index is 140. The van der Waals surface area contributed by atoms with E-state index in [0.717, 1.165) is 17.8 Å². The third-order valence-electron chi connectivity index (χ3n) is 4.51. The summed E-state index contributed by atoms with van der Waals surface area (Å²) >= 11 is 0. The monoisotopic (exact) mass is 180 g/mol. The Balaban J connectivity index is 2.02. The Kier molecular flexibility index (Phi) is 3.29. The van der Waals surface area contributed by atoms with Crippen molar-refractivity contribution in [3.05, 3.63) is 0 Å². The van der Waals surface area contributed by atoms with E-state index in [1.807, 2.05) is 0 Å². The number of hydrogen-bond acceptors (Lipinski definition) is 0. The Labute approximate surface area is 83.1 Å². The first-order valence-electron chi connectivity index (χ1n) is 6.40. The summed E-state index contributed by atoms with van der Waals surface area (Å²) in [6, 6.07) is 0. The summed E-state index contributed by atoms with van der Waals surface area (Å²) in [6.45, 7) is 2.40. The summed E-state index contributed by atoms with van der Waals surface area (Å²) in [5, 5.41) is 0. The van der Waals surface area contributed by atoms with E-state index in [2.05, 4.69) is 6.92 Å². The Morgan fingerprint density at radius 3 is 2.15 bits per heavy atom. The van der Waals surface area contributed by atoms with Crippen LogP contribution in [-0.2, 0) is 0 Å². The van der Waals surface area contributed by atoms with Crippen LogP contribution in [0.1, 0.15) is 64.7 Å². The normalized spacial score (nSPS) is 40.8. The topological polar surface area (TPSA) is 0 Å². The van der Waals surface area contributed by atoms with Crippen molar-refractivity contribution >= 4 is 0 Å². The van der Waals surface area contributed by atoms with Crippen LogP contribution in [0, 0.1) is 17.8 Å². The van der Waals surface area contributed by atoms with Gasteiger partial charge < -0.3 is 0 Å². The number of hydrogen-bond donors (Lipinski definition) is 0. The van der Waals surface area contributed by atoms with E-state index in [-0.39, 0.29) is 0 Å². The molecule has 0 aliphatic heterocycles. The Morgan fingerprint density at radius 2 is 1.54 bits per heavy atom. The van der Waals surface area contributed by atoms with Crippen molar-refractivity contribution in [1.29, 1.82) is 0 Å². The molecule has 3 aliphatic carbocycles. The first-order chi connectivity index (χ1) is 6.40. The van der Waals surface area contributed by atoms with Gasteiger partial charge in [0.2, 0.25) is 0 Å². The van der Waals surface area contributed by atoms with Crippen LogP contribution in [-0.4, -0.2) is 0 Å². The minimum atomic E-state index is 1.09. The summed E-state index contributed by atoms with van der Waals surface area (Å²) in [6.07, 6.45) is 13.8. The van der Waals surface area contributed by atoms with E-state index in [4.69, 9.17) is 0 Å². The first-order valence-corrected chi connectivity index (χ1v) is 6.40. The van der Waals surface area contributed by atoms with Crippen LogP contribution in [0.15, 0.2) is 0 Å². The summed E-state index contributed by atoms with van der Waals surface area (Å²) in [7, 11) is 0. The molecular weight excluding hydrogens is 156 g/mol. The number of rotatable bonds is 1. The fourth-order valence-electron chi connectivity index (χ4n) is 3.61. The zero-order valence-corrected chi connectivity index (χ0v) is 9.10. The van der Waals surface area contributed by atoms with Gasteiger partial charge in [-0.15, -0.1) is 0 Å². The molecule has 1 unspecified atom stereocenters. The molecule has 3 fully saturated rings. The average molecular weight is 180 g/mol. The summed E-state index contributed by atoms with van der Waals surface area (Å²) in [5.74, 6) is 3.30.